The summed E-state index contributed by atoms with van der Waals surface area (Å²) in [6, 6.07) is 18.1. The van der Waals surface area contributed by atoms with E-state index in [9.17, 15) is 13.2 Å². The summed E-state index contributed by atoms with van der Waals surface area (Å²) < 4.78 is 27.3. The first-order valence-corrected chi connectivity index (χ1v) is 11.3. The molecule has 3 aromatic carbocycles. The fourth-order valence-electron chi connectivity index (χ4n) is 3.40. The quantitative estimate of drug-likeness (QED) is 0.616. The highest BCUT2D eigenvalue weighted by Gasteiger charge is 2.23. The average molecular weight is 426 g/mol. The van der Waals surface area contributed by atoms with Crippen LogP contribution in [-0.4, -0.2) is 45.8 Å². The molecule has 3 rings (SSSR count). The van der Waals surface area contributed by atoms with Crippen molar-refractivity contribution in [2.45, 2.75) is 18.7 Å². The van der Waals surface area contributed by atoms with Crippen LogP contribution in [0.25, 0.3) is 10.8 Å². The monoisotopic (exact) mass is 425 g/mol. The third-order valence-corrected chi connectivity index (χ3v) is 7.10. The van der Waals surface area contributed by atoms with Crippen LogP contribution in [0.2, 0.25) is 0 Å². The van der Waals surface area contributed by atoms with Gasteiger partial charge < -0.3 is 10.2 Å². The molecular formula is C23H27N3O3S. The molecule has 30 heavy (non-hydrogen) atoms. The fourth-order valence-corrected chi connectivity index (χ4v) is 4.89. The molecule has 6 nitrogen and oxygen atoms in total. The Morgan fingerprint density at radius 2 is 1.57 bits per heavy atom. The van der Waals surface area contributed by atoms with E-state index in [4.69, 9.17) is 0 Å². The van der Waals surface area contributed by atoms with Gasteiger partial charge in [0.05, 0.1) is 16.3 Å². The number of nitrogens with one attached hydrogen (secondary N) is 1. The summed E-state index contributed by atoms with van der Waals surface area (Å²) in [5.41, 5.74) is 1.68. The molecule has 0 radical (unpaired) electrons. The van der Waals surface area contributed by atoms with E-state index in [0.29, 0.717) is 24.3 Å². The van der Waals surface area contributed by atoms with Crippen LogP contribution in [0.1, 0.15) is 24.2 Å². The molecule has 0 aliphatic heterocycles. The van der Waals surface area contributed by atoms with Crippen LogP contribution >= 0.6 is 0 Å². The number of hydrogen-bond acceptors (Lipinski definition) is 4. The lowest BCUT2D eigenvalue weighted by atomic mass is 10.1. The lowest BCUT2D eigenvalue weighted by Gasteiger charge is -2.22. The molecule has 0 saturated carbocycles. The highest BCUT2D eigenvalue weighted by atomic mass is 32.2. The van der Waals surface area contributed by atoms with Crippen LogP contribution in [0, 0.1) is 0 Å². The number of sulfonamides is 1. The minimum atomic E-state index is -3.63. The first-order valence-electron chi connectivity index (χ1n) is 9.89. The Kier molecular flexibility index (Phi) is 6.43. The summed E-state index contributed by atoms with van der Waals surface area (Å²) in [6.07, 6.45) is 0. The number of amides is 1. The van der Waals surface area contributed by atoms with Gasteiger partial charge in [-0.05, 0) is 41.1 Å². The molecule has 0 unspecified atom stereocenters. The van der Waals surface area contributed by atoms with E-state index in [1.165, 1.54) is 10.4 Å². The standard InChI is InChI=1S/C23H27N3O3S/c1-5-26(6-2)30(28,29)20-13-14-22(25(3)4)21(16-20)24-23(27)19-12-11-17-9-7-8-10-18(17)15-19/h7-16H,5-6H2,1-4H3,(H,24,27). The van der Waals surface area contributed by atoms with Crippen LogP contribution in [0.4, 0.5) is 11.4 Å². The van der Waals surface area contributed by atoms with E-state index < -0.39 is 10.0 Å². The molecule has 1 amide bonds. The number of benzene rings is 3. The maximum Gasteiger partial charge on any atom is 0.255 e. The third-order valence-electron chi connectivity index (χ3n) is 5.05. The molecule has 0 saturated heterocycles. The van der Waals surface area contributed by atoms with E-state index in [1.54, 1.807) is 32.0 Å². The zero-order chi connectivity index (χ0) is 21.9. The normalized spacial score (nSPS) is 11.6. The van der Waals surface area contributed by atoms with Crippen molar-refractivity contribution >= 4 is 38.1 Å². The smallest absolute Gasteiger partial charge is 0.255 e. The lowest BCUT2D eigenvalue weighted by molar-refractivity contribution is 0.102. The maximum atomic E-state index is 13.0. The van der Waals surface area contributed by atoms with Gasteiger partial charge in [0.2, 0.25) is 10.0 Å². The first kappa shape index (κ1) is 21.8. The number of carbonyl (C=O) groups is 1. The van der Waals surface area contributed by atoms with Gasteiger partial charge in [0, 0.05) is 32.7 Å². The van der Waals surface area contributed by atoms with Crippen molar-refractivity contribution in [3.8, 4) is 0 Å². The van der Waals surface area contributed by atoms with Crippen molar-refractivity contribution in [1.29, 1.82) is 0 Å². The lowest BCUT2D eigenvalue weighted by Crippen LogP contribution is -2.30. The molecule has 0 aromatic heterocycles. The number of hydrogen-bond donors (Lipinski definition) is 1. The Labute approximate surface area is 178 Å². The Balaban J connectivity index is 1.99. The van der Waals surface area contributed by atoms with Crippen LogP contribution in [0.5, 0.6) is 0 Å². The Morgan fingerprint density at radius 3 is 2.20 bits per heavy atom. The molecule has 0 atom stereocenters. The predicted octanol–water partition coefficient (Wildman–Crippen LogP) is 4.19. The van der Waals surface area contributed by atoms with Gasteiger partial charge in [0.25, 0.3) is 5.91 Å². The molecular weight excluding hydrogens is 398 g/mol. The van der Waals surface area contributed by atoms with Crippen LogP contribution in [0.3, 0.4) is 0 Å². The van der Waals surface area contributed by atoms with E-state index in [-0.39, 0.29) is 10.8 Å². The van der Waals surface area contributed by atoms with Gasteiger partial charge in [-0.25, -0.2) is 8.42 Å². The number of rotatable bonds is 7. The minimum Gasteiger partial charge on any atom is -0.376 e. The molecule has 3 aromatic rings. The van der Waals surface area contributed by atoms with Gasteiger partial charge in [0.15, 0.2) is 0 Å². The summed E-state index contributed by atoms with van der Waals surface area (Å²) >= 11 is 0. The number of nitrogens with zero attached hydrogens (tertiary/aromatic N) is 2. The number of carbonyl (C=O) groups excluding carboxylic acids is 1. The van der Waals surface area contributed by atoms with E-state index >= 15 is 0 Å². The summed E-state index contributed by atoms with van der Waals surface area (Å²) in [5.74, 6) is -0.291. The average Bonchev–Trinajstić information content (AvgIpc) is 2.73. The molecule has 158 valence electrons. The maximum absolute atomic E-state index is 13.0. The second-order valence-electron chi connectivity index (χ2n) is 7.18. The zero-order valence-corrected chi connectivity index (χ0v) is 18.5. The summed E-state index contributed by atoms with van der Waals surface area (Å²) in [6.45, 7) is 4.37. The molecule has 0 bridgehead atoms. The van der Waals surface area contributed by atoms with Gasteiger partial charge in [-0.3, -0.25) is 4.79 Å². The topological polar surface area (TPSA) is 69.7 Å². The minimum absolute atomic E-state index is 0.158. The summed E-state index contributed by atoms with van der Waals surface area (Å²) in [4.78, 5) is 14.9. The van der Waals surface area contributed by atoms with Crippen molar-refractivity contribution in [1.82, 2.24) is 4.31 Å². The van der Waals surface area contributed by atoms with E-state index in [0.717, 1.165) is 16.5 Å². The molecule has 1 N–H and O–H groups in total. The van der Waals surface area contributed by atoms with E-state index in [2.05, 4.69) is 5.32 Å². The van der Waals surface area contributed by atoms with Gasteiger partial charge in [-0.1, -0.05) is 44.2 Å². The number of fused-ring (bicyclic) bond motifs is 1. The summed E-state index contributed by atoms with van der Waals surface area (Å²) in [7, 11) is 0.0617. The van der Waals surface area contributed by atoms with Crippen molar-refractivity contribution in [3.05, 3.63) is 66.2 Å². The van der Waals surface area contributed by atoms with Gasteiger partial charge >= 0.3 is 0 Å². The number of anilines is 2. The largest absolute Gasteiger partial charge is 0.376 e. The first-order chi connectivity index (χ1) is 14.3. The van der Waals surface area contributed by atoms with Crippen LogP contribution in [0.15, 0.2) is 65.6 Å². The molecule has 0 aliphatic rings. The van der Waals surface area contributed by atoms with Crippen molar-refractivity contribution in [2.75, 3.05) is 37.4 Å². The second-order valence-corrected chi connectivity index (χ2v) is 9.12. The summed E-state index contributed by atoms with van der Waals surface area (Å²) in [5, 5.41) is 4.92. The molecule has 0 aliphatic carbocycles. The highest BCUT2D eigenvalue weighted by Crippen LogP contribution is 2.29. The Hall–Kier alpha value is -2.90. The third kappa shape index (κ3) is 4.32. The zero-order valence-electron chi connectivity index (χ0n) is 17.7. The van der Waals surface area contributed by atoms with Crippen LogP contribution < -0.4 is 10.2 Å². The molecule has 0 fully saturated rings. The van der Waals surface area contributed by atoms with Gasteiger partial charge in [0.1, 0.15) is 0 Å². The van der Waals surface area contributed by atoms with Crippen LogP contribution in [-0.2, 0) is 10.0 Å². The highest BCUT2D eigenvalue weighted by molar-refractivity contribution is 7.89. The molecule has 0 spiro atoms. The SMILES string of the molecule is CCN(CC)S(=O)(=O)c1ccc(N(C)C)c(NC(=O)c2ccc3ccccc3c2)c1. The fraction of sp³-hybridized carbons (Fsp3) is 0.261. The predicted molar refractivity (Wildman–Crippen MR) is 123 cm³/mol. The second kappa shape index (κ2) is 8.85. The van der Waals surface area contributed by atoms with E-state index in [1.807, 2.05) is 55.4 Å². The van der Waals surface area contributed by atoms with Gasteiger partial charge in [-0.2, -0.15) is 4.31 Å². The van der Waals surface area contributed by atoms with Crippen molar-refractivity contribution in [3.63, 3.8) is 0 Å². The van der Waals surface area contributed by atoms with Crippen molar-refractivity contribution < 1.29 is 13.2 Å². The van der Waals surface area contributed by atoms with Gasteiger partial charge in [-0.15, -0.1) is 0 Å². The molecule has 7 heteroatoms. The molecule has 0 heterocycles. The van der Waals surface area contributed by atoms with Crippen molar-refractivity contribution in [2.24, 2.45) is 0 Å². The Morgan fingerprint density at radius 1 is 0.900 bits per heavy atom. The Bertz CT molecular complexity index is 1170.